The molecule has 22 heavy (non-hydrogen) atoms. The molecule has 1 aromatic carbocycles. The van der Waals surface area contributed by atoms with E-state index in [1.807, 2.05) is 17.0 Å². The summed E-state index contributed by atoms with van der Waals surface area (Å²) in [6.45, 7) is 1.09. The van der Waals surface area contributed by atoms with E-state index in [0.717, 1.165) is 24.9 Å². The standard InChI is InChI=1S/C15H16ClN3O3/c16-11-6-4-10(5-7-11)14-17-13(22-18-14)9-19-8-2-1-3-12(19)15(20)21/h4-7,12H,1-3,8-9H2,(H,20,21). The highest BCUT2D eigenvalue weighted by molar-refractivity contribution is 6.30. The fourth-order valence-electron chi connectivity index (χ4n) is 2.67. The van der Waals surface area contributed by atoms with Gasteiger partial charge in [-0.15, -0.1) is 0 Å². The van der Waals surface area contributed by atoms with Crippen molar-refractivity contribution in [3.05, 3.63) is 35.2 Å². The Balaban J connectivity index is 1.73. The molecule has 1 unspecified atom stereocenters. The van der Waals surface area contributed by atoms with Gasteiger partial charge in [-0.3, -0.25) is 9.69 Å². The van der Waals surface area contributed by atoms with Crippen LogP contribution in [-0.2, 0) is 11.3 Å². The molecule has 1 aliphatic heterocycles. The molecule has 7 heteroatoms. The second-order valence-electron chi connectivity index (χ2n) is 5.34. The summed E-state index contributed by atoms with van der Waals surface area (Å²) in [5, 5.41) is 13.9. The molecule has 0 aliphatic carbocycles. The first-order valence-corrected chi connectivity index (χ1v) is 7.56. The summed E-state index contributed by atoms with van der Waals surface area (Å²) in [7, 11) is 0. The number of aliphatic carboxylic acids is 1. The molecule has 0 saturated carbocycles. The van der Waals surface area contributed by atoms with Crippen LogP contribution in [-0.4, -0.2) is 38.7 Å². The summed E-state index contributed by atoms with van der Waals surface area (Å²) < 4.78 is 5.25. The third-order valence-corrected chi connectivity index (χ3v) is 4.06. The number of hydrogen-bond donors (Lipinski definition) is 1. The lowest BCUT2D eigenvalue weighted by Gasteiger charge is -2.31. The van der Waals surface area contributed by atoms with Crippen molar-refractivity contribution in [3.8, 4) is 11.4 Å². The Morgan fingerprint density at radius 1 is 1.36 bits per heavy atom. The predicted octanol–water partition coefficient (Wildman–Crippen LogP) is 2.83. The van der Waals surface area contributed by atoms with Gasteiger partial charge in [0.1, 0.15) is 6.04 Å². The highest BCUT2D eigenvalue weighted by Crippen LogP contribution is 2.22. The molecule has 1 fully saturated rings. The first kappa shape index (κ1) is 15.0. The minimum atomic E-state index is -0.794. The number of likely N-dealkylation sites (tertiary alicyclic amines) is 1. The molecule has 0 amide bonds. The number of carbonyl (C=O) groups is 1. The molecule has 3 rings (SSSR count). The van der Waals surface area contributed by atoms with Crippen LogP contribution in [0.1, 0.15) is 25.2 Å². The number of nitrogens with zero attached hydrogens (tertiary/aromatic N) is 3. The van der Waals surface area contributed by atoms with Crippen LogP contribution in [0.15, 0.2) is 28.8 Å². The van der Waals surface area contributed by atoms with Gasteiger partial charge in [0.15, 0.2) is 0 Å². The van der Waals surface area contributed by atoms with Crippen molar-refractivity contribution in [2.45, 2.75) is 31.8 Å². The zero-order valence-corrected chi connectivity index (χ0v) is 12.7. The monoisotopic (exact) mass is 321 g/mol. The number of carboxylic acids is 1. The van der Waals surface area contributed by atoms with Crippen LogP contribution in [0.25, 0.3) is 11.4 Å². The predicted molar refractivity (Wildman–Crippen MR) is 80.4 cm³/mol. The van der Waals surface area contributed by atoms with Gasteiger partial charge in [-0.25, -0.2) is 0 Å². The fraction of sp³-hybridized carbons (Fsp3) is 0.400. The highest BCUT2D eigenvalue weighted by atomic mass is 35.5. The average molecular weight is 322 g/mol. The minimum absolute atomic E-state index is 0.359. The molecular weight excluding hydrogens is 306 g/mol. The van der Waals surface area contributed by atoms with Gasteiger partial charge in [0.2, 0.25) is 11.7 Å². The summed E-state index contributed by atoms with van der Waals surface area (Å²) in [4.78, 5) is 17.5. The van der Waals surface area contributed by atoms with E-state index in [1.165, 1.54) is 0 Å². The van der Waals surface area contributed by atoms with Crippen LogP contribution in [0.4, 0.5) is 0 Å². The SMILES string of the molecule is O=C(O)C1CCCCN1Cc1nc(-c2ccc(Cl)cc2)no1. The van der Waals surface area contributed by atoms with Crippen LogP contribution in [0.3, 0.4) is 0 Å². The van der Waals surface area contributed by atoms with Crippen molar-refractivity contribution in [2.24, 2.45) is 0 Å². The average Bonchev–Trinajstić information content (AvgIpc) is 2.97. The molecule has 2 aromatic rings. The fourth-order valence-corrected chi connectivity index (χ4v) is 2.79. The van der Waals surface area contributed by atoms with Crippen LogP contribution >= 0.6 is 11.6 Å². The van der Waals surface area contributed by atoms with Crippen molar-refractivity contribution in [1.29, 1.82) is 0 Å². The van der Waals surface area contributed by atoms with Gasteiger partial charge < -0.3 is 9.63 Å². The summed E-state index contributed by atoms with van der Waals surface area (Å²) in [5.74, 6) is 0.116. The number of carboxylic acid groups (broad SMARTS) is 1. The van der Waals surface area contributed by atoms with Gasteiger partial charge in [-0.1, -0.05) is 23.2 Å². The lowest BCUT2D eigenvalue weighted by atomic mass is 10.0. The molecule has 1 N–H and O–H groups in total. The normalized spacial score (nSPS) is 19.2. The Morgan fingerprint density at radius 2 is 2.14 bits per heavy atom. The molecule has 2 heterocycles. The van der Waals surface area contributed by atoms with Crippen molar-refractivity contribution in [2.75, 3.05) is 6.54 Å². The molecule has 0 spiro atoms. The number of hydrogen-bond acceptors (Lipinski definition) is 5. The number of halogens is 1. The lowest BCUT2D eigenvalue weighted by molar-refractivity contribution is -0.145. The number of piperidine rings is 1. The summed E-state index contributed by atoms with van der Waals surface area (Å²) in [6, 6.07) is 6.69. The van der Waals surface area contributed by atoms with E-state index < -0.39 is 12.0 Å². The zero-order valence-electron chi connectivity index (χ0n) is 11.9. The van der Waals surface area contributed by atoms with Gasteiger partial charge in [0, 0.05) is 10.6 Å². The maximum atomic E-state index is 11.3. The van der Waals surface area contributed by atoms with E-state index in [1.54, 1.807) is 12.1 Å². The van der Waals surface area contributed by atoms with E-state index in [2.05, 4.69) is 10.1 Å². The Kier molecular flexibility index (Phi) is 4.40. The third-order valence-electron chi connectivity index (χ3n) is 3.81. The first-order chi connectivity index (χ1) is 10.6. The second-order valence-corrected chi connectivity index (χ2v) is 5.78. The smallest absolute Gasteiger partial charge is 0.320 e. The van der Waals surface area contributed by atoms with Crippen molar-refractivity contribution in [1.82, 2.24) is 15.0 Å². The molecule has 0 radical (unpaired) electrons. The Labute approximate surface area is 132 Å². The van der Waals surface area contributed by atoms with Gasteiger partial charge in [0.05, 0.1) is 6.54 Å². The molecule has 0 bridgehead atoms. The van der Waals surface area contributed by atoms with Crippen molar-refractivity contribution >= 4 is 17.6 Å². The van der Waals surface area contributed by atoms with Gasteiger partial charge in [-0.2, -0.15) is 4.98 Å². The highest BCUT2D eigenvalue weighted by Gasteiger charge is 2.29. The van der Waals surface area contributed by atoms with Gasteiger partial charge in [-0.05, 0) is 43.7 Å². The number of benzene rings is 1. The summed E-state index contributed by atoms with van der Waals surface area (Å²) in [5.41, 5.74) is 0.813. The second kappa shape index (κ2) is 6.46. The van der Waals surface area contributed by atoms with Crippen molar-refractivity contribution in [3.63, 3.8) is 0 Å². The summed E-state index contributed by atoms with van der Waals surface area (Å²) >= 11 is 5.85. The molecule has 116 valence electrons. The molecule has 6 nitrogen and oxygen atoms in total. The van der Waals surface area contributed by atoms with Gasteiger partial charge in [0.25, 0.3) is 0 Å². The maximum Gasteiger partial charge on any atom is 0.320 e. The van der Waals surface area contributed by atoms with E-state index >= 15 is 0 Å². The minimum Gasteiger partial charge on any atom is -0.480 e. The maximum absolute atomic E-state index is 11.3. The van der Waals surface area contributed by atoms with E-state index in [9.17, 15) is 9.90 Å². The number of aromatic nitrogens is 2. The van der Waals surface area contributed by atoms with E-state index in [-0.39, 0.29) is 0 Å². The topological polar surface area (TPSA) is 79.5 Å². The molecule has 1 saturated heterocycles. The summed E-state index contributed by atoms with van der Waals surface area (Å²) in [6.07, 6.45) is 2.59. The lowest BCUT2D eigenvalue weighted by Crippen LogP contribution is -2.44. The quantitative estimate of drug-likeness (QED) is 0.932. The van der Waals surface area contributed by atoms with E-state index in [0.29, 0.717) is 29.7 Å². The Bertz CT molecular complexity index is 656. The van der Waals surface area contributed by atoms with Crippen LogP contribution in [0, 0.1) is 0 Å². The van der Waals surface area contributed by atoms with E-state index in [4.69, 9.17) is 16.1 Å². The Morgan fingerprint density at radius 3 is 2.86 bits per heavy atom. The third kappa shape index (κ3) is 3.28. The van der Waals surface area contributed by atoms with Crippen LogP contribution in [0.5, 0.6) is 0 Å². The molecule has 1 aliphatic rings. The molecule has 1 aromatic heterocycles. The van der Waals surface area contributed by atoms with Crippen molar-refractivity contribution < 1.29 is 14.4 Å². The van der Waals surface area contributed by atoms with Crippen LogP contribution < -0.4 is 0 Å². The zero-order chi connectivity index (χ0) is 15.5. The van der Waals surface area contributed by atoms with Gasteiger partial charge >= 0.3 is 5.97 Å². The Hall–Kier alpha value is -1.92. The molecule has 1 atom stereocenters. The number of rotatable bonds is 4. The molecular formula is C15H16ClN3O3. The van der Waals surface area contributed by atoms with Crippen LogP contribution in [0.2, 0.25) is 5.02 Å². The largest absolute Gasteiger partial charge is 0.480 e. The first-order valence-electron chi connectivity index (χ1n) is 7.19.